The molecule has 0 saturated carbocycles. The molecule has 1 aliphatic heterocycles. The van der Waals surface area contributed by atoms with E-state index in [0.717, 1.165) is 53.2 Å². The van der Waals surface area contributed by atoms with Gasteiger partial charge in [-0.05, 0) is 80.8 Å². The van der Waals surface area contributed by atoms with Crippen LogP contribution >= 0.6 is 0 Å². The number of benzene rings is 3. The van der Waals surface area contributed by atoms with E-state index in [1.807, 2.05) is 30.3 Å². The SMILES string of the molecule is CCN(/N=C(\C)c1cc2cc(/C=N/N3CCc4ccccc43)ccc2o1)c1ccc(C)cc1. The minimum Gasteiger partial charge on any atom is -0.455 e. The van der Waals surface area contributed by atoms with Crippen LogP contribution in [0.2, 0.25) is 0 Å². The normalized spacial score (nSPS) is 13.8. The van der Waals surface area contributed by atoms with E-state index in [2.05, 4.69) is 79.5 Å². The molecule has 166 valence electrons. The van der Waals surface area contributed by atoms with Crippen LogP contribution in [-0.2, 0) is 6.42 Å². The van der Waals surface area contributed by atoms with Crippen molar-refractivity contribution in [3.05, 3.63) is 95.2 Å². The van der Waals surface area contributed by atoms with Gasteiger partial charge in [0.1, 0.15) is 11.3 Å². The fraction of sp³-hybridized carbons (Fsp3) is 0.214. The second-order valence-corrected chi connectivity index (χ2v) is 8.39. The van der Waals surface area contributed by atoms with Gasteiger partial charge in [-0.1, -0.05) is 35.9 Å². The minimum atomic E-state index is 0.776. The molecule has 3 aromatic carbocycles. The fourth-order valence-electron chi connectivity index (χ4n) is 4.16. The summed E-state index contributed by atoms with van der Waals surface area (Å²) in [6.45, 7) is 7.87. The van der Waals surface area contributed by atoms with Crippen molar-refractivity contribution in [1.82, 2.24) is 0 Å². The van der Waals surface area contributed by atoms with Crippen LogP contribution in [0.3, 0.4) is 0 Å². The maximum absolute atomic E-state index is 6.10. The number of nitrogens with zero attached hydrogens (tertiary/aromatic N) is 4. The van der Waals surface area contributed by atoms with Gasteiger partial charge in [-0.2, -0.15) is 10.2 Å². The van der Waals surface area contributed by atoms with Crippen LogP contribution in [0.4, 0.5) is 11.4 Å². The molecule has 0 unspecified atom stereocenters. The molecule has 0 saturated heterocycles. The molecule has 5 rings (SSSR count). The van der Waals surface area contributed by atoms with Crippen LogP contribution in [0.25, 0.3) is 11.0 Å². The molecule has 2 heterocycles. The largest absolute Gasteiger partial charge is 0.455 e. The van der Waals surface area contributed by atoms with Gasteiger partial charge in [0, 0.05) is 18.5 Å². The third kappa shape index (κ3) is 4.40. The van der Waals surface area contributed by atoms with Crippen molar-refractivity contribution in [3.63, 3.8) is 0 Å². The highest BCUT2D eigenvalue weighted by Gasteiger charge is 2.17. The second kappa shape index (κ2) is 8.94. The molecule has 1 aliphatic rings. The maximum atomic E-state index is 6.10. The van der Waals surface area contributed by atoms with Gasteiger partial charge in [0.2, 0.25) is 0 Å². The lowest BCUT2D eigenvalue weighted by atomic mass is 10.1. The van der Waals surface area contributed by atoms with Crippen LogP contribution in [0.15, 0.2) is 87.4 Å². The zero-order valence-corrected chi connectivity index (χ0v) is 19.3. The zero-order chi connectivity index (χ0) is 22.8. The van der Waals surface area contributed by atoms with Gasteiger partial charge in [0.25, 0.3) is 0 Å². The van der Waals surface area contributed by atoms with Crippen LogP contribution < -0.4 is 10.0 Å². The van der Waals surface area contributed by atoms with E-state index >= 15 is 0 Å². The molecule has 0 fully saturated rings. The van der Waals surface area contributed by atoms with Crippen molar-refractivity contribution in [1.29, 1.82) is 0 Å². The van der Waals surface area contributed by atoms with Crippen LogP contribution in [0, 0.1) is 6.92 Å². The Kier molecular flexibility index (Phi) is 5.69. The highest BCUT2D eigenvalue weighted by atomic mass is 16.3. The number of aryl methyl sites for hydroxylation is 1. The third-order valence-corrected chi connectivity index (χ3v) is 6.01. The smallest absolute Gasteiger partial charge is 0.151 e. The Morgan fingerprint density at radius 2 is 1.88 bits per heavy atom. The molecule has 33 heavy (non-hydrogen) atoms. The molecule has 5 nitrogen and oxygen atoms in total. The van der Waals surface area contributed by atoms with E-state index in [1.165, 1.54) is 16.8 Å². The zero-order valence-electron chi connectivity index (χ0n) is 19.3. The van der Waals surface area contributed by atoms with Gasteiger partial charge in [-0.3, -0.25) is 10.0 Å². The van der Waals surface area contributed by atoms with E-state index in [0.29, 0.717) is 0 Å². The molecule has 0 amide bonds. The summed E-state index contributed by atoms with van der Waals surface area (Å²) < 4.78 is 6.10. The lowest BCUT2D eigenvalue weighted by molar-refractivity contribution is 0.603. The maximum Gasteiger partial charge on any atom is 0.151 e. The molecule has 0 radical (unpaired) electrons. The number of furan rings is 1. The molecule has 1 aromatic heterocycles. The summed E-state index contributed by atoms with van der Waals surface area (Å²) in [4.78, 5) is 0. The Balaban J connectivity index is 1.36. The molecule has 0 N–H and O–H groups in total. The van der Waals surface area contributed by atoms with Gasteiger partial charge in [0.05, 0.1) is 17.6 Å². The Morgan fingerprint density at radius 3 is 2.70 bits per heavy atom. The lowest BCUT2D eigenvalue weighted by Crippen LogP contribution is -2.17. The fourth-order valence-corrected chi connectivity index (χ4v) is 4.16. The van der Waals surface area contributed by atoms with Crippen LogP contribution in [-0.4, -0.2) is 25.0 Å². The number of hydrogen-bond acceptors (Lipinski definition) is 5. The van der Waals surface area contributed by atoms with Crippen LogP contribution in [0.1, 0.15) is 36.3 Å². The first-order valence-corrected chi connectivity index (χ1v) is 11.4. The number of anilines is 2. The van der Waals surface area contributed by atoms with Crippen LogP contribution in [0.5, 0.6) is 0 Å². The number of para-hydroxylation sites is 1. The first-order valence-electron chi connectivity index (χ1n) is 11.4. The molecule has 0 atom stereocenters. The molecule has 4 aromatic rings. The number of hydrogen-bond donors (Lipinski definition) is 0. The molecule has 0 aliphatic carbocycles. The highest BCUT2D eigenvalue weighted by Crippen LogP contribution is 2.28. The van der Waals surface area contributed by atoms with Crippen molar-refractivity contribution in [2.24, 2.45) is 10.2 Å². The topological polar surface area (TPSA) is 44.3 Å². The van der Waals surface area contributed by atoms with Crippen molar-refractivity contribution in [2.45, 2.75) is 27.2 Å². The van der Waals surface area contributed by atoms with Gasteiger partial charge in [0.15, 0.2) is 5.76 Å². The standard InChI is InChI=1S/C28H28N4O/c1-4-31(25-12-9-20(2)10-13-25)30-21(3)28-18-24-17-22(11-14-27(24)33-28)19-29-32-16-15-23-7-5-6-8-26(23)32/h5-14,17-19H,4,15-16H2,1-3H3/b29-19+,30-21+. The van der Waals surface area contributed by atoms with Crippen molar-refractivity contribution < 1.29 is 4.42 Å². The van der Waals surface area contributed by atoms with E-state index in [-0.39, 0.29) is 0 Å². The lowest BCUT2D eigenvalue weighted by Gasteiger charge is -2.18. The Morgan fingerprint density at radius 1 is 1.06 bits per heavy atom. The average Bonchev–Trinajstić information content (AvgIpc) is 3.45. The van der Waals surface area contributed by atoms with E-state index in [1.54, 1.807) is 0 Å². The summed E-state index contributed by atoms with van der Waals surface area (Å²) in [6, 6.07) is 25.1. The minimum absolute atomic E-state index is 0.776. The third-order valence-electron chi connectivity index (χ3n) is 6.01. The monoisotopic (exact) mass is 436 g/mol. The molecule has 5 heteroatoms. The predicted molar refractivity (Wildman–Crippen MR) is 138 cm³/mol. The first-order chi connectivity index (χ1) is 16.1. The van der Waals surface area contributed by atoms with Gasteiger partial charge in [-0.15, -0.1) is 0 Å². The van der Waals surface area contributed by atoms with Gasteiger partial charge >= 0.3 is 0 Å². The number of hydrazone groups is 2. The molecule has 0 spiro atoms. The summed E-state index contributed by atoms with van der Waals surface area (Å²) >= 11 is 0. The number of fused-ring (bicyclic) bond motifs is 2. The van der Waals surface area contributed by atoms with Gasteiger partial charge in [-0.25, -0.2) is 0 Å². The number of rotatable bonds is 6. The van der Waals surface area contributed by atoms with E-state index in [4.69, 9.17) is 14.6 Å². The quantitative estimate of drug-likeness (QED) is 0.260. The average molecular weight is 437 g/mol. The molecular formula is C28H28N4O. The van der Waals surface area contributed by atoms with E-state index in [9.17, 15) is 0 Å². The second-order valence-electron chi connectivity index (χ2n) is 8.39. The summed E-state index contributed by atoms with van der Waals surface area (Å²) in [7, 11) is 0. The van der Waals surface area contributed by atoms with Gasteiger partial charge < -0.3 is 4.42 Å². The van der Waals surface area contributed by atoms with E-state index < -0.39 is 0 Å². The summed E-state index contributed by atoms with van der Waals surface area (Å²) in [5.74, 6) is 0.776. The Bertz CT molecular complexity index is 1330. The predicted octanol–water partition coefficient (Wildman–Crippen LogP) is 6.39. The summed E-state index contributed by atoms with van der Waals surface area (Å²) in [5.41, 5.74) is 7.59. The summed E-state index contributed by atoms with van der Waals surface area (Å²) in [6.07, 6.45) is 2.96. The Labute approximate surface area is 194 Å². The Hall–Kier alpha value is -3.86. The summed E-state index contributed by atoms with van der Waals surface area (Å²) in [5, 5.41) is 14.6. The first kappa shape index (κ1) is 21.0. The van der Waals surface area contributed by atoms with Crippen molar-refractivity contribution >= 4 is 34.3 Å². The van der Waals surface area contributed by atoms with Crippen molar-refractivity contribution in [3.8, 4) is 0 Å². The highest BCUT2D eigenvalue weighted by molar-refractivity contribution is 6.01. The van der Waals surface area contributed by atoms with Crippen molar-refractivity contribution in [2.75, 3.05) is 23.1 Å². The molecular weight excluding hydrogens is 408 g/mol. The molecule has 0 bridgehead atoms.